The summed E-state index contributed by atoms with van der Waals surface area (Å²) in [5.41, 5.74) is 1.04. The van der Waals surface area contributed by atoms with Gasteiger partial charge in [0.25, 0.3) is 5.91 Å². The quantitative estimate of drug-likeness (QED) is 0.545. The van der Waals surface area contributed by atoms with Crippen molar-refractivity contribution in [3.8, 4) is 29.4 Å². The number of nitrogens with zero attached hydrogens (tertiary/aromatic N) is 2. The fraction of sp³-hybridized carbons (Fsp3) is 0.400. The first-order chi connectivity index (χ1) is 15.2. The fourth-order valence-corrected chi connectivity index (χ4v) is 3.59. The molecule has 0 aromatic heterocycles. The molecule has 0 bridgehead atoms. The third-order valence-corrected chi connectivity index (χ3v) is 5.25. The number of unbranched alkanes of at least 4 members (excludes halogenated alkanes) is 2. The summed E-state index contributed by atoms with van der Waals surface area (Å²) in [6, 6.07) is 16.4. The zero-order valence-corrected chi connectivity index (χ0v) is 17.6. The van der Waals surface area contributed by atoms with E-state index in [0.29, 0.717) is 41.4 Å². The number of hydrogen-bond donors (Lipinski definition) is 1. The van der Waals surface area contributed by atoms with E-state index in [4.69, 9.17) is 20.0 Å². The highest BCUT2D eigenvalue weighted by molar-refractivity contribution is 5.95. The first kappa shape index (κ1) is 22.2. The molecule has 1 saturated carbocycles. The maximum Gasteiger partial charge on any atom is 0.251 e. The van der Waals surface area contributed by atoms with Gasteiger partial charge in [0.1, 0.15) is 17.2 Å². The molecule has 0 spiro atoms. The lowest BCUT2D eigenvalue weighted by molar-refractivity contribution is 0.0927. The predicted molar refractivity (Wildman–Crippen MR) is 117 cm³/mol. The first-order valence-corrected chi connectivity index (χ1v) is 10.8. The average Bonchev–Trinajstić information content (AvgIpc) is 2.80. The summed E-state index contributed by atoms with van der Waals surface area (Å²) in [4.78, 5) is 12.9. The molecule has 0 aliphatic heterocycles. The largest absolute Gasteiger partial charge is 0.493 e. The number of carbonyl (C=O) groups is 1. The van der Waals surface area contributed by atoms with Gasteiger partial charge in [0.05, 0.1) is 24.3 Å². The second-order valence-corrected chi connectivity index (χ2v) is 7.70. The molecule has 1 fully saturated rings. The molecule has 0 unspecified atom stereocenters. The Morgan fingerprint density at radius 3 is 2.42 bits per heavy atom. The number of hydrogen-bond acceptors (Lipinski definition) is 5. The topological polar surface area (TPSA) is 95.1 Å². The Morgan fingerprint density at radius 2 is 1.71 bits per heavy atom. The molecule has 2 aromatic rings. The van der Waals surface area contributed by atoms with Gasteiger partial charge < -0.3 is 14.8 Å². The molecular formula is C25H27N3O3. The first-order valence-electron chi connectivity index (χ1n) is 10.8. The zero-order valence-electron chi connectivity index (χ0n) is 17.6. The third-order valence-electron chi connectivity index (χ3n) is 5.25. The molecule has 3 rings (SSSR count). The molecule has 0 radical (unpaired) electrons. The molecule has 1 aliphatic carbocycles. The van der Waals surface area contributed by atoms with Crippen molar-refractivity contribution in [2.75, 3.05) is 6.61 Å². The maximum absolute atomic E-state index is 12.9. The van der Waals surface area contributed by atoms with E-state index in [9.17, 15) is 4.79 Å². The monoisotopic (exact) mass is 417 g/mol. The number of rotatable bonds is 9. The van der Waals surface area contributed by atoms with Crippen LogP contribution in [-0.2, 0) is 0 Å². The van der Waals surface area contributed by atoms with Crippen molar-refractivity contribution in [3.63, 3.8) is 0 Å². The molecule has 2 aromatic carbocycles. The highest BCUT2D eigenvalue weighted by Gasteiger charge is 2.18. The van der Waals surface area contributed by atoms with Crippen LogP contribution in [0.4, 0.5) is 0 Å². The van der Waals surface area contributed by atoms with Gasteiger partial charge in [0.15, 0.2) is 0 Å². The van der Waals surface area contributed by atoms with Crippen LogP contribution in [0, 0.1) is 22.7 Å². The molecule has 0 heterocycles. The maximum atomic E-state index is 12.9. The van der Waals surface area contributed by atoms with E-state index in [0.717, 1.165) is 38.5 Å². The van der Waals surface area contributed by atoms with E-state index in [1.165, 1.54) is 6.42 Å². The highest BCUT2D eigenvalue weighted by Crippen LogP contribution is 2.28. The molecule has 0 atom stereocenters. The SMILES string of the molecule is N#CCCCCOc1cc(Oc2ccc(C#N)cc2)cc(C(=O)NC2CCCCC2)c1. The third kappa shape index (κ3) is 7.04. The molecule has 1 aliphatic rings. The van der Waals surface area contributed by atoms with Crippen LogP contribution < -0.4 is 14.8 Å². The summed E-state index contributed by atoms with van der Waals surface area (Å²) in [5.74, 6) is 1.49. The number of ether oxygens (including phenoxy) is 2. The number of benzene rings is 2. The molecule has 1 amide bonds. The molecule has 31 heavy (non-hydrogen) atoms. The molecule has 160 valence electrons. The Kier molecular flexibility index (Phi) is 8.31. The van der Waals surface area contributed by atoms with Crippen molar-refractivity contribution in [2.24, 2.45) is 0 Å². The molecule has 6 heteroatoms. The standard InChI is InChI=1S/C25H27N3O3/c26-13-5-2-6-14-30-23-15-20(25(29)28-21-7-3-1-4-8-21)16-24(17-23)31-22-11-9-19(18-27)10-12-22/h9-12,15-17,21H,1-8,14H2,(H,28,29). The summed E-state index contributed by atoms with van der Waals surface area (Å²) < 4.78 is 11.8. The summed E-state index contributed by atoms with van der Waals surface area (Å²) in [5, 5.41) is 20.7. The van der Waals surface area contributed by atoms with E-state index in [1.807, 2.05) is 0 Å². The predicted octanol–water partition coefficient (Wildman–Crippen LogP) is 5.49. The Hall–Kier alpha value is -3.51. The fourth-order valence-electron chi connectivity index (χ4n) is 3.59. The number of carbonyl (C=O) groups excluding carboxylic acids is 1. The summed E-state index contributed by atoms with van der Waals surface area (Å²) in [7, 11) is 0. The van der Waals surface area contributed by atoms with Crippen molar-refractivity contribution in [1.82, 2.24) is 5.32 Å². The van der Waals surface area contributed by atoms with E-state index in [2.05, 4.69) is 17.5 Å². The lowest BCUT2D eigenvalue weighted by atomic mass is 9.95. The minimum Gasteiger partial charge on any atom is -0.493 e. The number of nitriles is 2. The second-order valence-electron chi connectivity index (χ2n) is 7.70. The van der Waals surface area contributed by atoms with Crippen LogP contribution in [0.25, 0.3) is 0 Å². The molecule has 6 nitrogen and oxygen atoms in total. The van der Waals surface area contributed by atoms with Gasteiger partial charge in [0, 0.05) is 24.1 Å². The Balaban J connectivity index is 1.74. The Bertz CT molecular complexity index is 951. The van der Waals surface area contributed by atoms with E-state index >= 15 is 0 Å². The van der Waals surface area contributed by atoms with Crippen LogP contribution in [0.5, 0.6) is 17.2 Å². The van der Waals surface area contributed by atoms with Crippen LogP contribution in [0.15, 0.2) is 42.5 Å². The lowest BCUT2D eigenvalue weighted by Gasteiger charge is -2.23. The van der Waals surface area contributed by atoms with Gasteiger partial charge in [-0.1, -0.05) is 19.3 Å². The van der Waals surface area contributed by atoms with Crippen LogP contribution in [0.3, 0.4) is 0 Å². The molecule has 1 N–H and O–H groups in total. The summed E-state index contributed by atoms with van der Waals surface area (Å²) >= 11 is 0. The van der Waals surface area contributed by atoms with Crippen molar-refractivity contribution in [2.45, 2.75) is 57.4 Å². The van der Waals surface area contributed by atoms with Crippen LogP contribution in [0.2, 0.25) is 0 Å². The minimum atomic E-state index is -0.133. The number of amides is 1. The van der Waals surface area contributed by atoms with Crippen molar-refractivity contribution >= 4 is 5.91 Å². The Morgan fingerprint density at radius 1 is 0.968 bits per heavy atom. The van der Waals surface area contributed by atoms with Crippen LogP contribution in [-0.4, -0.2) is 18.6 Å². The van der Waals surface area contributed by atoms with E-state index < -0.39 is 0 Å². The normalized spacial score (nSPS) is 13.6. The van der Waals surface area contributed by atoms with Gasteiger partial charge in [0.2, 0.25) is 0 Å². The van der Waals surface area contributed by atoms with E-state index in [-0.39, 0.29) is 11.9 Å². The van der Waals surface area contributed by atoms with Gasteiger partial charge in [-0.2, -0.15) is 10.5 Å². The smallest absolute Gasteiger partial charge is 0.251 e. The Labute approximate surface area is 183 Å². The van der Waals surface area contributed by atoms with Gasteiger partial charge in [-0.05, 0) is 62.1 Å². The van der Waals surface area contributed by atoms with Crippen molar-refractivity contribution in [3.05, 3.63) is 53.6 Å². The van der Waals surface area contributed by atoms with Gasteiger partial charge >= 0.3 is 0 Å². The minimum absolute atomic E-state index is 0.133. The van der Waals surface area contributed by atoms with Crippen LogP contribution in [0.1, 0.15) is 67.3 Å². The number of nitrogens with one attached hydrogen (secondary N) is 1. The highest BCUT2D eigenvalue weighted by atomic mass is 16.5. The van der Waals surface area contributed by atoms with E-state index in [1.54, 1.807) is 42.5 Å². The van der Waals surface area contributed by atoms with Crippen LogP contribution >= 0.6 is 0 Å². The van der Waals surface area contributed by atoms with Gasteiger partial charge in [-0.15, -0.1) is 0 Å². The van der Waals surface area contributed by atoms with Gasteiger partial charge in [-0.25, -0.2) is 0 Å². The summed E-state index contributed by atoms with van der Waals surface area (Å²) in [6.45, 7) is 0.464. The summed E-state index contributed by atoms with van der Waals surface area (Å²) in [6.07, 6.45) is 7.56. The second kappa shape index (κ2) is 11.6. The zero-order chi connectivity index (χ0) is 21.9. The van der Waals surface area contributed by atoms with Crippen molar-refractivity contribution < 1.29 is 14.3 Å². The molecular weight excluding hydrogens is 390 g/mol. The lowest BCUT2D eigenvalue weighted by Crippen LogP contribution is -2.36. The molecule has 0 saturated heterocycles. The van der Waals surface area contributed by atoms with Crippen molar-refractivity contribution in [1.29, 1.82) is 10.5 Å². The average molecular weight is 418 g/mol. The van der Waals surface area contributed by atoms with Gasteiger partial charge in [-0.3, -0.25) is 4.79 Å².